The summed E-state index contributed by atoms with van der Waals surface area (Å²) in [5, 5.41) is 10.5. The van der Waals surface area contributed by atoms with Gasteiger partial charge in [-0.05, 0) is 24.6 Å². The minimum absolute atomic E-state index is 0.0238. The average Bonchev–Trinajstić information content (AvgIpc) is 2.37. The third kappa shape index (κ3) is 2.64. The molecule has 0 fully saturated rings. The Hall–Kier alpha value is -2.35. The quantitative estimate of drug-likeness (QED) is 0.352. The summed E-state index contributed by atoms with van der Waals surface area (Å²) in [6, 6.07) is 5.25. The second kappa shape index (κ2) is 5.33. The van der Waals surface area contributed by atoms with E-state index in [2.05, 4.69) is 4.99 Å². The van der Waals surface area contributed by atoms with Crippen LogP contribution in [0.4, 0.5) is 5.69 Å². The van der Waals surface area contributed by atoms with E-state index in [4.69, 9.17) is 4.74 Å². The standard InChI is InChI=1S/C12H10N2O5S/c1-20(2)9-10(15)13-11(19-12(9)16)7-3-5-8(6-4-7)14(17)18/h3-6H,1-2H3. The van der Waals surface area contributed by atoms with Gasteiger partial charge in [-0.3, -0.25) is 14.9 Å². The minimum Gasteiger partial charge on any atom is -0.403 e. The summed E-state index contributed by atoms with van der Waals surface area (Å²) < 4.78 is 5.01. The maximum Gasteiger partial charge on any atom is 0.356 e. The summed E-state index contributed by atoms with van der Waals surface area (Å²) in [6.07, 6.45) is 3.45. The zero-order chi connectivity index (χ0) is 14.9. The molecule has 1 aromatic carbocycles. The number of nitro benzene ring substituents is 1. The number of benzene rings is 1. The minimum atomic E-state index is -0.716. The summed E-state index contributed by atoms with van der Waals surface area (Å²) in [5.41, 5.74) is 0.238. The highest BCUT2D eigenvalue weighted by molar-refractivity contribution is 8.16. The van der Waals surface area contributed by atoms with Crippen molar-refractivity contribution < 1.29 is 19.2 Å². The predicted octanol–water partition coefficient (Wildman–Crippen LogP) is 1.13. The van der Waals surface area contributed by atoms with Crippen molar-refractivity contribution in [3.8, 4) is 0 Å². The lowest BCUT2D eigenvalue weighted by Gasteiger charge is -2.14. The summed E-state index contributed by atoms with van der Waals surface area (Å²) in [6.45, 7) is 0. The number of carbonyl (C=O) groups excluding carboxylic acids is 2. The average molecular weight is 294 g/mol. The van der Waals surface area contributed by atoms with E-state index < -0.39 is 27.3 Å². The van der Waals surface area contributed by atoms with Crippen LogP contribution in [0.15, 0.2) is 29.3 Å². The summed E-state index contributed by atoms with van der Waals surface area (Å²) in [5.74, 6) is -1.47. The Morgan fingerprint density at radius 1 is 1.20 bits per heavy atom. The number of carbonyl (C=O) groups is 2. The van der Waals surface area contributed by atoms with E-state index in [1.165, 1.54) is 24.3 Å². The van der Waals surface area contributed by atoms with Gasteiger partial charge in [-0.15, -0.1) is 0 Å². The number of aliphatic imine (C=N–C) groups is 1. The Kier molecular flexibility index (Phi) is 3.75. The van der Waals surface area contributed by atoms with Gasteiger partial charge in [0, 0.05) is 17.7 Å². The lowest BCUT2D eigenvalue weighted by molar-refractivity contribution is -0.384. The van der Waals surface area contributed by atoms with Crippen molar-refractivity contribution in [3.05, 3.63) is 39.9 Å². The molecule has 8 heteroatoms. The lowest BCUT2D eigenvalue weighted by atomic mass is 10.2. The molecule has 20 heavy (non-hydrogen) atoms. The zero-order valence-electron chi connectivity index (χ0n) is 10.7. The number of hydrogen-bond donors (Lipinski definition) is 0. The van der Waals surface area contributed by atoms with Crippen LogP contribution in [0.1, 0.15) is 5.56 Å². The van der Waals surface area contributed by atoms with E-state index in [-0.39, 0.29) is 16.4 Å². The molecular weight excluding hydrogens is 284 g/mol. The predicted molar refractivity (Wildman–Crippen MR) is 75.2 cm³/mol. The number of hydrogen-bond acceptors (Lipinski definition) is 5. The molecule has 0 radical (unpaired) electrons. The van der Waals surface area contributed by atoms with Gasteiger partial charge in [0.05, 0.1) is 4.92 Å². The number of nitro groups is 1. The molecule has 7 nitrogen and oxygen atoms in total. The molecule has 0 spiro atoms. The summed E-state index contributed by atoms with van der Waals surface area (Å²) >= 11 is 0. The Bertz CT molecular complexity index is 672. The molecule has 0 saturated heterocycles. The van der Waals surface area contributed by atoms with Crippen LogP contribution in [0.5, 0.6) is 0 Å². The first kappa shape index (κ1) is 14.1. The van der Waals surface area contributed by atoms with E-state index in [1.54, 1.807) is 12.5 Å². The van der Waals surface area contributed by atoms with Gasteiger partial charge in [0.1, 0.15) is 0 Å². The van der Waals surface area contributed by atoms with Crippen molar-refractivity contribution >= 4 is 38.8 Å². The molecule has 1 heterocycles. The summed E-state index contributed by atoms with van der Waals surface area (Å²) in [4.78, 5) is 37.3. The second-order valence-electron chi connectivity index (χ2n) is 4.06. The van der Waals surface area contributed by atoms with Gasteiger partial charge < -0.3 is 4.74 Å². The lowest BCUT2D eigenvalue weighted by Crippen LogP contribution is -2.33. The molecular formula is C12H10N2O5S. The molecule has 1 aromatic rings. The molecule has 0 N–H and O–H groups in total. The smallest absolute Gasteiger partial charge is 0.356 e. The number of amides is 1. The number of cyclic esters (lactones) is 1. The molecule has 0 saturated carbocycles. The van der Waals surface area contributed by atoms with Crippen molar-refractivity contribution in [1.82, 2.24) is 0 Å². The first-order valence-electron chi connectivity index (χ1n) is 5.44. The van der Waals surface area contributed by atoms with Crippen LogP contribution in [0.3, 0.4) is 0 Å². The second-order valence-corrected chi connectivity index (χ2v) is 6.10. The maximum absolute atomic E-state index is 11.8. The fraction of sp³-hybridized carbons (Fsp3) is 0.167. The SMILES string of the molecule is CS(C)=C1C(=O)N=C(c2ccc([N+](=O)[O-])cc2)OC1=O. The highest BCUT2D eigenvalue weighted by atomic mass is 32.2. The van der Waals surface area contributed by atoms with E-state index in [0.717, 1.165) is 0 Å². The van der Waals surface area contributed by atoms with Gasteiger partial charge in [-0.25, -0.2) is 4.79 Å². The zero-order valence-corrected chi connectivity index (χ0v) is 11.5. The van der Waals surface area contributed by atoms with E-state index in [9.17, 15) is 19.7 Å². The van der Waals surface area contributed by atoms with Crippen molar-refractivity contribution in [1.29, 1.82) is 0 Å². The number of esters is 1. The molecule has 104 valence electrons. The molecule has 0 aliphatic carbocycles. The Labute approximate surface area is 116 Å². The Morgan fingerprint density at radius 3 is 2.25 bits per heavy atom. The molecule has 2 rings (SSSR count). The number of non-ortho nitro benzene ring substituents is 1. The van der Waals surface area contributed by atoms with E-state index in [1.807, 2.05) is 0 Å². The number of ether oxygens (including phenoxy) is 1. The van der Waals surface area contributed by atoms with Crippen LogP contribution in [0, 0.1) is 10.1 Å². The van der Waals surface area contributed by atoms with Gasteiger partial charge >= 0.3 is 5.97 Å². The highest BCUT2D eigenvalue weighted by Crippen LogP contribution is 2.17. The van der Waals surface area contributed by atoms with E-state index >= 15 is 0 Å². The Balaban J connectivity index is 2.38. The van der Waals surface area contributed by atoms with Gasteiger partial charge in [0.15, 0.2) is 4.86 Å². The third-order valence-corrected chi connectivity index (χ3v) is 3.66. The van der Waals surface area contributed by atoms with Crippen molar-refractivity contribution in [3.63, 3.8) is 0 Å². The third-order valence-electron chi connectivity index (χ3n) is 2.51. The Morgan fingerprint density at radius 2 is 1.80 bits per heavy atom. The fourth-order valence-electron chi connectivity index (χ4n) is 1.58. The molecule has 1 amide bonds. The topological polar surface area (TPSA) is 98.9 Å². The van der Waals surface area contributed by atoms with Crippen molar-refractivity contribution in [2.24, 2.45) is 4.99 Å². The van der Waals surface area contributed by atoms with Gasteiger partial charge in [0.25, 0.3) is 11.6 Å². The fourth-order valence-corrected chi connectivity index (χ4v) is 2.35. The molecule has 0 unspecified atom stereocenters. The van der Waals surface area contributed by atoms with Crippen molar-refractivity contribution in [2.45, 2.75) is 0 Å². The molecule has 0 atom stereocenters. The summed E-state index contributed by atoms with van der Waals surface area (Å²) in [7, 11) is -0.547. The molecule has 0 aromatic heterocycles. The number of nitrogens with zero attached hydrogens (tertiary/aromatic N) is 2. The number of rotatable bonds is 2. The highest BCUT2D eigenvalue weighted by Gasteiger charge is 2.29. The first-order chi connectivity index (χ1) is 9.40. The van der Waals surface area contributed by atoms with Crippen molar-refractivity contribution in [2.75, 3.05) is 12.5 Å². The monoisotopic (exact) mass is 294 g/mol. The molecule has 1 aliphatic rings. The van der Waals surface area contributed by atoms with Crippen LogP contribution in [0.25, 0.3) is 0 Å². The van der Waals surface area contributed by atoms with Crippen LogP contribution >= 0.6 is 10.5 Å². The van der Waals surface area contributed by atoms with Crippen LogP contribution in [0.2, 0.25) is 0 Å². The van der Waals surface area contributed by atoms with Crippen LogP contribution < -0.4 is 0 Å². The van der Waals surface area contributed by atoms with Crippen LogP contribution in [-0.2, 0) is 14.3 Å². The van der Waals surface area contributed by atoms with Gasteiger partial charge in [-0.1, -0.05) is 0 Å². The normalized spacial score (nSPS) is 15.2. The van der Waals surface area contributed by atoms with Crippen LogP contribution in [-0.4, -0.2) is 40.1 Å². The molecule has 0 bridgehead atoms. The first-order valence-corrected chi connectivity index (χ1v) is 7.49. The van der Waals surface area contributed by atoms with Gasteiger partial charge in [-0.2, -0.15) is 15.5 Å². The largest absolute Gasteiger partial charge is 0.403 e. The van der Waals surface area contributed by atoms with E-state index in [0.29, 0.717) is 5.56 Å². The molecule has 1 aliphatic heterocycles. The maximum atomic E-state index is 11.8. The van der Waals surface area contributed by atoms with Gasteiger partial charge in [0.2, 0.25) is 5.90 Å².